The second-order valence-electron chi connectivity index (χ2n) is 4.42. The molecule has 0 saturated carbocycles. The fourth-order valence-electron chi connectivity index (χ4n) is 1.42. The maximum absolute atomic E-state index is 11.6. The van der Waals surface area contributed by atoms with E-state index in [-0.39, 0.29) is 16.9 Å². The average molecular weight is 239 g/mol. The Morgan fingerprint density at radius 1 is 1.47 bits per heavy atom. The van der Waals surface area contributed by atoms with Gasteiger partial charge in [-0.2, -0.15) is 0 Å². The third-order valence-corrected chi connectivity index (χ3v) is 2.76. The molecule has 1 N–H and O–H groups in total. The van der Waals surface area contributed by atoms with E-state index in [4.69, 9.17) is 9.84 Å². The molecule has 0 bridgehead atoms. The number of ether oxygens (including phenoxy) is 1. The van der Waals surface area contributed by atoms with Gasteiger partial charge in [-0.1, -0.05) is 6.07 Å². The number of rotatable bonds is 5. The fourth-order valence-corrected chi connectivity index (χ4v) is 1.42. The lowest BCUT2D eigenvalue weighted by molar-refractivity contribution is 0.0115. The number of carbonyl (C=O) groups is 1. The Bertz CT molecular complexity index is 462. The summed E-state index contributed by atoms with van der Waals surface area (Å²) < 4.78 is 6.49. The van der Waals surface area contributed by atoms with Crippen LogP contribution in [0.25, 0.3) is 0 Å². The topological polar surface area (TPSA) is 68.5 Å². The van der Waals surface area contributed by atoms with Crippen LogP contribution >= 0.6 is 0 Å². The molecule has 1 heterocycles. The van der Waals surface area contributed by atoms with Crippen LogP contribution < -0.4 is 5.56 Å². The Balaban J connectivity index is 2.98. The standard InChI is InChI=1S/C12H17NO4/c1-12(2,17-3)7-8-13-9(11(15)16)5-4-6-10(13)14/h4-6H,7-8H2,1-3H3,(H,15,16). The van der Waals surface area contributed by atoms with Gasteiger partial charge in [-0.25, -0.2) is 4.79 Å². The summed E-state index contributed by atoms with van der Waals surface area (Å²) in [4.78, 5) is 22.6. The summed E-state index contributed by atoms with van der Waals surface area (Å²) in [5.41, 5.74) is -0.688. The number of aromatic nitrogens is 1. The molecule has 0 atom stereocenters. The normalized spacial score (nSPS) is 11.5. The predicted molar refractivity (Wildman–Crippen MR) is 63.4 cm³/mol. The molecule has 0 aliphatic heterocycles. The first-order valence-electron chi connectivity index (χ1n) is 5.36. The van der Waals surface area contributed by atoms with Gasteiger partial charge >= 0.3 is 5.97 Å². The first kappa shape index (κ1) is 13.4. The summed E-state index contributed by atoms with van der Waals surface area (Å²) in [6.45, 7) is 4.10. The minimum Gasteiger partial charge on any atom is -0.477 e. The average Bonchev–Trinajstić information content (AvgIpc) is 2.27. The molecule has 1 aromatic rings. The lowest BCUT2D eigenvalue weighted by Crippen LogP contribution is -2.30. The van der Waals surface area contributed by atoms with Crippen molar-refractivity contribution in [1.82, 2.24) is 4.57 Å². The summed E-state index contributed by atoms with van der Waals surface area (Å²) >= 11 is 0. The molecule has 0 aliphatic carbocycles. The van der Waals surface area contributed by atoms with Gasteiger partial charge in [0.05, 0.1) is 5.60 Å². The van der Waals surface area contributed by atoms with Crippen molar-refractivity contribution in [1.29, 1.82) is 0 Å². The van der Waals surface area contributed by atoms with E-state index in [1.54, 1.807) is 7.11 Å². The van der Waals surface area contributed by atoms with Gasteiger partial charge in [0, 0.05) is 19.7 Å². The smallest absolute Gasteiger partial charge is 0.352 e. The number of aromatic carboxylic acids is 1. The van der Waals surface area contributed by atoms with Gasteiger partial charge < -0.3 is 14.4 Å². The third-order valence-electron chi connectivity index (χ3n) is 2.76. The number of hydrogen-bond acceptors (Lipinski definition) is 3. The molecule has 1 aromatic heterocycles. The summed E-state index contributed by atoms with van der Waals surface area (Å²) in [6, 6.07) is 4.22. The van der Waals surface area contributed by atoms with E-state index in [1.807, 2.05) is 13.8 Å². The zero-order chi connectivity index (χ0) is 13.1. The van der Waals surface area contributed by atoms with Crippen LogP contribution in [-0.4, -0.2) is 28.4 Å². The van der Waals surface area contributed by atoms with Crippen molar-refractivity contribution < 1.29 is 14.6 Å². The highest BCUT2D eigenvalue weighted by molar-refractivity contribution is 5.85. The van der Waals surface area contributed by atoms with Gasteiger partial charge in [-0.15, -0.1) is 0 Å². The highest BCUT2D eigenvalue weighted by atomic mass is 16.5. The van der Waals surface area contributed by atoms with Crippen LogP contribution in [0.5, 0.6) is 0 Å². The molecule has 1 rings (SSSR count). The molecule has 0 spiro atoms. The Labute approximate surface area is 99.6 Å². The minimum absolute atomic E-state index is 0.00408. The van der Waals surface area contributed by atoms with Crippen molar-refractivity contribution >= 4 is 5.97 Å². The van der Waals surface area contributed by atoms with E-state index in [9.17, 15) is 9.59 Å². The van der Waals surface area contributed by atoms with Crippen molar-refractivity contribution in [3.8, 4) is 0 Å². The minimum atomic E-state index is -1.10. The molecule has 0 amide bonds. The number of methoxy groups -OCH3 is 1. The first-order chi connectivity index (χ1) is 7.87. The molecule has 0 aromatic carbocycles. The number of hydrogen-bond donors (Lipinski definition) is 1. The van der Waals surface area contributed by atoms with Gasteiger partial charge in [0.2, 0.25) is 0 Å². The number of carboxylic acid groups (broad SMARTS) is 1. The van der Waals surface area contributed by atoms with Gasteiger partial charge in [-0.3, -0.25) is 4.79 Å². The fraction of sp³-hybridized carbons (Fsp3) is 0.500. The van der Waals surface area contributed by atoms with Crippen LogP contribution in [0.4, 0.5) is 0 Å². The van der Waals surface area contributed by atoms with Crippen LogP contribution in [0.3, 0.4) is 0 Å². The molecule has 0 fully saturated rings. The van der Waals surface area contributed by atoms with Crippen LogP contribution in [0.1, 0.15) is 30.8 Å². The van der Waals surface area contributed by atoms with Crippen molar-refractivity contribution in [3.05, 3.63) is 34.2 Å². The maximum atomic E-state index is 11.6. The number of nitrogens with zero attached hydrogens (tertiary/aromatic N) is 1. The SMILES string of the molecule is COC(C)(C)CCn1c(C(=O)O)cccc1=O. The number of carboxylic acids is 1. The maximum Gasteiger partial charge on any atom is 0.352 e. The zero-order valence-corrected chi connectivity index (χ0v) is 10.3. The van der Waals surface area contributed by atoms with E-state index in [0.717, 1.165) is 0 Å². The molecule has 0 aliphatic rings. The van der Waals surface area contributed by atoms with Gasteiger partial charge in [-0.05, 0) is 26.3 Å². The van der Waals surface area contributed by atoms with E-state index in [0.29, 0.717) is 13.0 Å². The van der Waals surface area contributed by atoms with E-state index < -0.39 is 5.97 Å². The zero-order valence-electron chi connectivity index (χ0n) is 10.3. The molecule has 0 saturated heterocycles. The van der Waals surface area contributed by atoms with Crippen LogP contribution in [0.2, 0.25) is 0 Å². The lowest BCUT2D eigenvalue weighted by atomic mass is 10.1. The van der Waals surface area contributed by atoms with E-state index in [1.165, 1.54) is 22.8 Å². The van der Waals surface area contributed by atoms with Crippen LogP contribution in [-0.2, 0) is 11.3 Å². The summed E-state index contributed by atoms with van der Waals surface area (Å²) in [6.07, 6.45) is 0.563. The molecular weight excluding hydrogens is 222 g/mol. The molecular formula is C12H17NO4. The highest BCUT2D eigenvalue weighted by Gasteiger charge is 2.18. The number of pyridine rings is 1. The quantitative estimate of drug-likeness (QED) is 0.842. The lowest BCUT2D eigenvalue weighted by Gasteiger charge is -2.23. The summed E-state index contributed by atoms with van der Waals surface area (Å²) in [5, 5.41) is 8.99. The molecule has 94 valence electrons. The summed E-state index contributed by atoms with van der Waals surface area (Å²) in [5.74, 6) is -1.10. The molecule has 0 unspecified atom stereocenters. The second kappa shape index (κ2) is 5.14. The monoisotopic (exact) mass is 239 g/mol. The Morgan fingerprint density at radius 2 is 2.12 bits per heavy atom. The highest BCUT2D eigenvalue weighted by Crippen LogP contribution is 2.14. The predicted octanol–water partition coefficient (Wildman–Crippen LogP) is 1.36. The van der Waals surface area contributed by atoms with Crippen molar-refractivity contribution in [2.75, 3.05) is 7.11 Å². The van der Waals surface area contributed by atoms with Crippen molar-refractivity contribution in [2.24, 2.45) is 0 Å². The first-order valence-corrected chi connectivity index (χ1v) is 5.36. The third kappa shape index (κ3) is 3.42. The molecule has 5 nitrogen and oxygen atoms in total. The molecule has 0 radical (unpaired) electrons. The van der Waals surface area contributed by atoms with Crippen LogP contribution in [0, 0.1) is 0 Å². The largest absolute Gasteiger partial charge is 0.477 e. The van der Waals surface area contributed by atoms with Gasteiger partial charge in [0.25, 0.3) is 5.56 Å². The molecule has 5 heteroatoms. The van der Waals surface area contributed by atoms with E-state index >= 15 is 0 Å². The van der Waals surface area contributed by atoms with Crippen LogP contribution in [0.15, 0.2) is 23.0 Å². The van der Waals surface area contributed by atoms with E-state index in [2.05, 4.69) is 0 Å². The van der Waals surface area contributed by atoms with Gasteiger partial charge in [0.1, 0.15) is 5.69 Å². The van der Waals surface area contributed by atoms with Gasteiger partial charge in [0.15, 0.2) is 0 Å². The van der Waals surface area contributed by atoms with Crippen molar-refractivity contribution in [2.45, 2.75) is 32.4 Å². The summed E-state index contributed by atoms with van der Waals surface area (Å²) in [7, 11) is 1.59. The molecule has 17 heavy (non-hydrogen) atoms. The Hall–Kier alpha value is -1.62. The Kier molecular flexibility index (Phi) is 4.07. The Morgan fingerprint density at radius 3 is 2.65 bits per heavy atom. The van der Waals surface area contributed by atoms with Crippen molar-refractivity contribution in [3.63, 3.8) is 0 Å². The second-order valence-corrected chi connectivity index (χ2v) is 4.42.